The molecule has 1 heterocycles. The fourth-order valence-corrected chi connectivity index (χ4v) is 3.43. The standard InChI is InChI=1S/C17H32F3N5.HI/c1-13(2)25(15-5-6-15)8-7-22-16(21-4)24-11-9-23(10-12-24)14(3)17(18,19)20;/h13-15H,5-12H2,1-4H3,(H,21,22);1H. The molecular formula is C17H33F3IN5. The molecule has 0 bridgehead atoms. The first kappa shape index (κ1) is 23.7. The van der Waals surface area contributed by atoms with Crippen LogP contribution in [-0.4, -0.2) is 91.3 Å². The third kappa shape index (κ3) is 6.70. The molecule has 0 aromatic heterocycles. The van der Waals surface area contributed by atoms with Gasteiger partial charge >= 0.3 is 6.18 Å². The predicted molar refractivity (Wildman–Crippen MR) is 110 cm³/mol. The lowest BCUT2D eigenvalue weighted by atomic mass is 10.2. The Balaban J connectivity index is 0.00000338. The number of halogens is 4. The van der Waals surface area contributed by atoms with E-state index in [-0.39, 0.29) is 24.0 Å². The number of nitrogens with zero attached hydrogens (tertiary/aromatic N) is 4. The fraction of sp³-hybridized carbons (Fsp3) is 0.941. The summed E-state index contributed by atoms with van der Waals surface area (Å²) < 4.78 is 38.5. The van der Waals surface area contributed by atoms with Gasteiger partial charge in [0.25, 0.3) is 0 Å². The number of nitrogens with one attached hydrogen (secondary N) is 1. The minimum atomic E-state index is -4.16. The summed E-state index contributed by atoms with van der Waals surface area (Å²) in [5.74, 6) is 0.791. The van der Waals surface area contributed by atoms with E-state index in [0.717, 1.165) is 25.1 Å². The lowest BCUT2D eigenvalue weighted by Crippen LogP contribution is -2.57. The average Bonchev–Trinajstić information content (AvgIpc) is 3.38. The van der Waals surface area contributed by atoms with E-state index in [1.54, 1.807) is 7.05 Å². The Labute approximate surface area is 172 Å². The maximum atomic E-state index is 12.8. The molecule has 0 aromatic carbocycles. The topological polar surface area (TPSA) is 34.1 Å². The number of guanidine groups is 1. The highest BCUT2D eigenvalue weighted by molar-refractivity contribution is 14.0. The summed E-state index contributed by atoms with van der Waals surface area (Å²) in [6.45, 7) is 9.38. The van der Waals surface area contributed by atoms with Gasteiger partial charge in [-0.3, -0.25) is 14.8 Å². The highest BCUT2D eigenvalue weighted by atomic mass is 127. The van der Waals surface area contributed by atoms with Gasteiger partial charge in [-0.05, 0) is 33.6 Å². The maximum Gasteiger partial charge on any atom is 0.403 e. The molecule has 1 saturated carbocycles. The van der Waals surface area contributed by atoms with Crippen LogP contribution in [0.1, 0.15) is 33.6 Å². The molecule has 1 saturated heterocycles. The quantitative estimate of drug-likeness (QED) is 0.352. The highest BCUT2D eigenvalue weighted by Crippen LogP contribution is 2.28. The van der Waals surface area contributed by atoms with Gasteiger partial charge in [-0.15, -0.1) is 24.0 Å². The van der Waals surface area contributed by atoms with Gasteiger partial charge in [0.15, 0.2) is 5.96 Å². The number of alkyl halides is 3. The molecule has 2 aliphatic rings. The smallest absolute Gasteiger partial charge is 0.355 e. The van der Waals surface area contributed by atoms with Crippen molar-refractivity contribution in [3.05, 3.63) is 0 Å². The van der Waals surface area contributed by atoms with Gasteiger partial charge in [-0.25, -0.2) is 0 Å². The molecule has 0 radical (unpaired) electrons. The third-order valence-electron chi connectivity index (χ3n) is 5.18. The second-order valence-electron chi connectivity index (χ2n) is 7.28. The van der Waals surface area contributed by atoms with E-state index >= 15 is 0 Å². The summed E-state index contributed by atoms with van der Waals surface area (Å²) in [7, 11) is 1.73. The van der Waals surface area contributed by atoms with Crippen LogP contribution >= 0.6 is 24.0 Å². The predicted octanol–water partition coefficient (Wildman–Crippen LogP) is 2.62. The third-order valence-corrected chi connectivity index (χ3v) is 5.18. The largest absolute Gasteiger partial charge is 0.403 e. The Morgan fingerprint density at radius 2 is 1.73 bits per heavy atom. The Morgan fingerprint density at radius 1 is 1.15 bits per heavy atom. The van der Waals surface area contributed by atoms with Gasteiger partial charge in [0.2, 0.25) is 0 Å². The van der Waals surface area contributed by atoms with Gasteiger partial charge in [-0.1, -0.05) is 0 Å². The minimum absolute atomic E-state index is 0. The van der Waals surface area contributed by atoms with E-state index in [0.29, 0.717) is 32.2 Å². The average molecular weight is 491 g/mol. The summed E-state index contributed by atoms with van der Waals surface area (Å²) in [5.41, 5.74) is 0. The lowest BCUT2D eigenvalue weighted by Gasteiger charge is -2.39. The number of aliphatic imine (C=N–C) groups is 1. The second-order valence-corrected chi connectivity index (χ2v) is 7.28. The Bertz CT molecular complexity index is 444. The van der Waals surface area contributed by atoms with Crippen LogP contribution in [0.2, 0.25) is 0 Å². The van der Waals surface area contributed by atoms with Crippen LogP contribution in [0.25, 0.3) is 0 Å². The summed E-state index contributed by atoms with van der Waals surface area (Å²) in [6.07, 6.45) is -1.59. The van der Waals surface area contributed by atoms with E-state index in [1.165, 1.54) is 24.7 Å². The number of rotatable bonds is 6. The van der Waals surface area contributed by atoms with E-state index in [1.807, 2.05) is 0 Å². The molecule has 26 heavy (non-hydrogen) atoms. The Kier molecular flexibility index (Phi) is 9.42. The molecule has 0 spiro atoms. The first-order valence-electron chi connectivity index (χ1n) is 9.26. The van der Waals surface area contributed by atoms with Crippen LogP contribution < -0.4 is 5.32 Å². The van der Waals surface area contributed by atoms with Crippen molar-refractivity contribution in [2.75, 3.05) is 46.3 Å². The van der Waals surface area contributed by atoms with Gasteiger partial charge in [0.05, 0.1) is 0 Å². The zero-order chi connectivity index (χ0) is 18.6. The molecule has 0 amide bonds. The monoisotopic (exact) mass is 491 g/mol. The van der Waals surface area contributed by atoms with Crippen LogP contribution in [-0.2, 0) is 0 Å². The number of hydrogen-bond donors (Lipinski definition) is 1. The first-order valence-corrected chi connectivity index (χ1v) is 9.26. The highest BCUT2D eigenvalue weighted by Gasteiger charge is 2.41. The Morgan fingerprint density at radius 3 is 2.15 bits per heavy atom. The lowest BCUT2D eigenvalue weighted by molar-refractivity contribution is -0.181. The fourth-order valence-electron chi connectivity index (χ4n) is 3.43. The van der Waals surface area contributed by atoms with Crippen molar-refractivity contribution in [1.82, 2.24) is 20.0 Å². The normalized spacial score (nSPS) is 21.1. The molecule has 5 nitrogen and oxygen atoms in total. The van der Waals surface area contributed by atoms with Gasteiger partial charge in [0.1, 0.15) is 6.04 Å². The van der Waals surface area contributed by atoms with Crippen LogP contribution in [0, 0.1) is 0 Å². The maximum absolute atomic E-state index is 12.8. The summed E-state index contributed by atoms with van der Waals surface area (Å²) >= 11 is 0. The zero-order valence-corrected chi connectivity index (χ0v) is 18.6. The van der Waals surface area contributed by atoms with Crippen molar-refractivity contribution in [1.29, 1.82) is 0 Å². The summed E-state index contributed by atoms with van der Waals surface area (Å²) in [6, 6.07) is -0.136. The number of hydrogen-bond acceptors (Lipinski definition) is 3. The molecule has 2 rings (SSSR count). The molecule has 1 aliphatic heterocycles. The van der Waals surface area contributed by atoms with Crippen molar-refractivity contribution in [2.24, 2.45) is 4.99 Å². The molecule has 9 heteroatoms. The molecule has 1 atom stereocenters. The van der Waals surface area contributed by atoms with Crippen molar-refractivity contribution in [2.45, 2.75) is 57.9 Å². The van der Waals surface area contributed by atoms with Crippen LogP contribution in [0.5, 0.6) is 0 Å². The SMILES string of the molecule is CN=C(NCCN(C(C)C)C1CC1)N1CCN(C(C)C(F)(F)F)CC1.I. The van der Waals surface area contributed by atoms with E-state index < -0.39 is 12.2 Å². The summed E-state index contributed by atoms with van der Waals surface area (Å²) in [4.78, 5) is 10.4. The molecule has 1 unspecified atom stereocenters. The molecule has 154 valence electrons. The van der Waals surface area contributed by atoms with Crippen LogP contribution in [0.3, 0.4) is 0 Å². The van der Waals surface area contributed by atoms with Crippen molar-refractivity contribution in [3.63, 3.8) is 0 Å². The van der Waals surface area contributed by atoms with Crippen LogP contribution in [0.4, 0.5) is 13.2 Å². The van der Waals surface area contributed by atoms with Crippen LogP contribution in [0.15, 0.2) is 4.99 Å². The molecule has 0 aromatic rings. The zero-order valence-electron chi connectivity index (χ0n) is 16.2. The van der Waals surface area contributed by atoms with Gasteiger partial charge in [0, 0.05) is 58.4 Å². The van der Waals surface area contributed by atoms with Crippen molar-refractivity contribution >= 4 is 29.9 Å². The molecule has 1 aliphatic carbocycles. The second kappa shape index (κ2) is 10.3. The van der Waals surface area contributed by atoms with Crippen molar-refractivity contribution in [3.8, 4) is 0 Å². The molecule has 2 fully saturated rings. The minimum Gasteiger partial charge on any atom is -0.355 e. The van der Waals surface area contributed by atoms with E-state index in [9.17, 15) is 13.2 Å². The van der Waals surface area contributed by atoms with E-state index in [4.69, 9.17) is 0 Å². The Hall–Kier alpha value is -0.290. The molecule has 1 N–H and O–H groups in total. The van der Waals surface area contributed by atoms with Gasteiger partial charge < -0.3 is 10.2 Å². The number of piperazine rings is 1. The van der Waals surface area contributed by atoms with Gasteiger partial charge in [-0.2, -0.15) is 13.2 Å². The molecular weight excluding hydrogens is 458 g/mol. The van der Waals surface area contributed by atoms with E-state index in [2.05, 4.69) is 34.0 Å². The summed E-state index contributed by atoms with van der Waals surface area (Å²) in [5, 5.41) is 3.37. The van der Waals surface area contributed by atoms with Crippen molar-refractivity contribution < 1.29 is 13.2 Å². The first-order chi connectivity index (χ1) is 11.7.